The van der Waals surface area contributed by atoms with Crippen LogP contribution in [-0.4, -0.2) is 40.9 Å². The van der Waals surface area contributed by atoms with E-state index >= 15 is 4.39 Å². The first-order chi connectivity index (χ1) is 11.6. The fourth-order valence-electron chi connectivity index (χ4n) is 2.72. The van der Waals surface area contributed by atoms with Crippen LogP contribution in [0.5, 0.6) is 0 Å². The molecule has 0 spiro atoms. The average Bonchev–Trinajstić information content (AvgIpc) is 2.91. The van der Waals surface area contributed by atoms with Gasteiger partial charge in [-0.05, 0) is 6.07 Å². The van der Waals surface area contributed by atoms with Gasteiger partial charge in [-0.3, -0.25) is 4.79 Å². The molecule has 1 amide bonds. The summed E-state index contributed by atoms with van der Waals surface area (Å²) in [4.78, 5) is 13.6. The third-order valence-corrected chi connectivity index (χ3v) is 4.21. The summed E-state index contributed by atoms with van der Waals surface area (Å²) < 4.78 is 56.7. The number of anilines is 1. The Labute approximate surface area is 146 Å². The highest BCUT2D eigenvalue weighted by Gasteiger charge is 2.61. The van der Waals surface area contributed by atoms with Gasteiger partial charge in [0.05, 0.1) is 11.4 Å². The van der Waals surface area contributed by atoms with Crippen molar-refractivity contribution in [3.63, 3.8) is 0 Å². The van der Waals surface area contributed by atoms with Crippen LogP contribution >= 0.6 is 12.6 Å². The molecule has 2 heterocycles. The molecule has 5 nitrogen and oxygen atoms in total. The van der Waals surface area contributed by atoms with E-state index in [4.69, 9.17) is 0 Å². The van der Waals surface area contributed by atoms with E-state index < -0.39 is 23.4 Å². The van der Waals surface area contributed by atoms with E-state index in [0.717, 1.165) is 10.7 Å². The SMILES string of the molecule is CN(C)C(=O)c1c(CS)nn2c1NC(F)(C(F)(F)F)c1ccccc1-2. The maximum Gasteiger partial charge on any atom is 0.446 e. The van der Waals surface area contributed by atoms with Crippen LogP contribution in [0.15, 0.2) is 24.3 Å². The van der Waals surface area contributed by atoms with Crippen molar-refractivity contribution in [2.45, 2.75) is 17.7 Å². The van der Waals surface area contributed by atoms with Gasteiger partial charge in [-0.15, -0.1) is 0 Å². The zero-order valence-electron chi connectivity index (χ0n) is 13.2. The molecule has 0 fully saturated rings. The second kappa shape index (κ2) is 5.65. The maximum absolute atomic E-state index is 15.1. The lowest BCUT2D eigenvalue weighted by Gasteiger charge is -2.35. The Balaban J connectivity index is 2.34. The van der Waals surface area contributed by atoms with E-state index in [1.165, 1.54) is 37.2 Å². The molecule has 1 atom stereocenters. The number of nitrogens with zero attached hydrogens (tertiary/aromatic N) is 3. The highest BCUT2D eigenvalue weighted by molar-refractivity contribution is 7.79. The predicted molar refractivity (Wildman–Crippen MR) is 86.7 cm³/mol. The first kappa shape index (κ1) is 17.6. The molecule has 0 saturated carbocycles. The number of para-hydroxylation sites is 1. The highest BCUT2D eigenvalue weighted by Crippen LogP contribution is 2.49. The average molecular weight is 374 g/mol. The fourth-order valence-corrected chi connectivity index (χ4v) is 2.94. The van der Waals surface area contributed by atoms with Gasteiger partial charge in [-0.25, -0.2) is 9.07 Å². The van der Waals surface area contributed by atoms with Crippen molar-refractivity contribution in [1.82, 2.24) is 14.7 Å². The fraction of sp³-hybridized carbons (Fsp3) is 0.333. The number of benzene rings is 1. The van der Waals surface area contributed by atoms with E-state index in [1.54, 1.807) is 0 Å². The Hall–Kier alpha value is -2.23. The number of halogens is 4. The van der Waals surface area contributed by atoms with E-state index in [9.17, 15) is 18.0 Å². The highest BCUT2D eigenvalue weighted by atomic mass is 32.1. The maximum atomic E-state index is 15.1. The normalized spacial score (nSPS) is 19.0. The van der Waals surface area contributed by atoms with Gasteiger partial charge >= 0.3 is 12.0 Å². The van der Waals surface area contributed by atoms with Crippen molar-refractivity contribution in [3.8, 4) is 5.69 Å². The monoisotopic (exact) mass is 374 g/mol. The number of carbonyl (C=O) groups is 1. The van der Waals surface area contributed by atoms with Crippen molar-refractivity contribution >= 4 is 24.4 Å². The molecule has 0 radical (unpaired) electrons. The van der Waals surface area contributed by atoms with Crippen molar-refractivity contribution < 1.29 is 22.4 Å². The van der Waals surface area contributed by atoms with Crippen LogP contribution in [0, 0.1) is 0 Å². The Morgan fingerprint density at radius 3 is 2.56 bits per heavy atom. The summed E-state index contributed by atoms with van der Waals surface area (Å²) in [6, 6.07) is 5.13. The molecule has 0 bridgehead atoms. The molecule has 1 aromatic heterocycles. The molecule has 1 aliphatic heterocycles. The van der Waals surface area contributed by atoms with Crippen LogP contribution in [0.3, 0.4) is 0 Å². The molecule has 1 N–H and O–H groups in total. The van der Waals surface area contributed by atoms with Gasteiger partial charge in [0, 0.05) is 25.4 Å². The number of carbonyl (C=O) groups excluding carboxylic acids is 1. The van der Waals surface area contributed by atoms with Gasteiger partial charge in [0.1, 0.15) is 11.4 Å². The minimum absolute atomic E-state index is 0.00403. The molecule has 0 saturated heterocycles. The summed E-state index contributed by atoms with van der Waals surface area (Å²) in [6.07, 6.45) is -5.24. The predicted octanol–water partition coefficient (Wildman–Crippen LogP) is 3.11. The van der Waals surface area contributed by atoms with Gasteiger partial charge in [0.15, 0.2) is 0 Å². The topological polar surface area (TPSA) is 50.2 Å². The van der Waals surface area contributed by atoms with Gasteiger partial charge < -0.3 is 10.2 Å². The van der Waals surface area contributed by atoms with Crippen LogP contribution in [0.2, 0.25) is 0 Å². The molecule has 1 unspecified atom stereocenters. The largest absolute Gasteiger partial charge is 0.446 e. The third-order valence-electron chi connectivity index (χ3n) is 3.91. The lowest BCUT2D eigenvalue weighted by Crippen LogP contribution is -2.48. The Morgan fingerprint density at radius 1 is 1.36 bits per heavy atom. The van der Waals surface area contributed by atoms with E-state index in [2.05, 4.69) is 17.7 Å². The second-order valence-electron chi connectivity index (χ2n) is 5.74. The molecule has 25 heavy (non-hydrogen) atoms. The Bertz CT molecular complexity index is 849. The van der Waals surface area contributed by atoms with E-state index in [-0.39, 0.29) is 28.5 Å². The van der Waals surface area contributed by atoms with Crippen molar-refractivity contribution in [2.24, 2.45) is 0 Å². The van der Waals surface area contributed by atoms with Crippen molar-refractivity contribution in [3.05, 3.63) is 41.1 Å². The van der Waals surface area contributed by atoms with Gasteiger partial charge in [0.2, 0.25) is 0 Å². The summed E-state index contributed by atoms with van der Waals surface area (Å²) in [5, 5.41) is 6.01. The number of aromatic nitrogens is 2. The number of amides is 1. The molecule has 3 rings (SSSR count). The minimum Gasteiger partial charge on any atom is -0.345 e. The van der Waals surface area contributed by atoms with Crippen LogP contribution in [0.4, 0.5) is 23.4 Å². The zero-order chi connectivity index (χ0) is 18.6. The molecular weight excluding hydrogens is 360 g/mol. The number of hydrogen-bond donors (Lipinski definition) is 2. The van der Waals surface area contributed by atoms with Crippen LogP contribution in [-0.2, 0) is 11.5 Å². The minimum atomic E-state index is -5.24. The summed E-state index contributed by atoms with van der Waals surface area (Å²) in [5.74, 6) is -4.78. The first-order valence-electron chi connectivity index (χ1n) is 7.20. The smallest absolute Gasteiger partial charge is 0.345 e. The van der Waals surface area contributed by atoms with Gasteiger partial charge in [-0.1, -0.05) is 18.2 Å². The summed E-state index contributed by atoms with van der Waals surface area (Å²) in [6.45, 7) is 0. The van der Waals surface area contributed by atoms with Crippen LogP contribution in [0.25, 0.3) is 5.69 Å². The molecule has 0 aliphatic carbocycles. The lowest BCUT2D eigenvalue weighted by atomic mass is 9.98. The Kier molecular flexibility index (Phi) is 3.98. The Morgan fingerprint density at radius 2 is 2.00 bits per heavy atom. The molecule has 10 heteroatoms. The number of thiol groups is 1. The molecule has 134 valence electrons. The van der Waals surface area contributed by atoms with Crippen molar-refractivity contribution in [2.75, 3.05) is 19.4 Å². The summed E-state index contributed by atoms with van der Waals surface area (Å²) >= 11 is 4.08. The van der Waals surface area contributed by atoms with Gasteiger partial charge in [0.25, 0.3) is 5.91 Å². The first-order valence-corrected chi connectivity index (χ1v) is 7.83. The number of rotatable bonds is 2. The number of nitrogens with one attached hydrogen (secondary N) is 1. The van der Waals surface area contributed by atoms with Crippen molar-refractivity contribution in [1.29, 1.82) is 0 Å². The number of fused-ring (bicyclic) bond motifs is 3. The number of alkyl halides is 4. The van der Waals surface area contributed by atoms with Gasteiger partial charge in [-0.2, -0.15) is 30.9 Å². The molecule has 2 aromatic rings. The van der Waals surface area contributed by atoms with E-state index in [0.29, 0.717) is 0 Å². The summed E-state index contributed by atoms with van der Waals surface area (Å²) in [7, 11) is 2.88. The zero-order valence-corrected chi connectivity index (χ0v) is 14.1. The molecule has 1 aliphatic rings. The van der Waals surface area contributed by atoms with Crippen LogP contribution in [0.1, 0.15) is 21.6 Å². The summed E-state index contributed by atoms with van der Waals surface area (Å²) in [5.41, 5.74) is -0.685. The lowest BCUT2D eigenvalue weighted by molar-refractivity contribution is -0.225. The van der Waals surface area contributed by atoms with E-state index in [1.807, 2.05) is 5.32 Å². The number of hydrogen-bond acceptors (Lipinski definition) is 4. The van der Waals surface area contributed by atoms with Crippen LogP contribution < -0.4 is 5.32 Å². The quantitative estimate of drug-likeness (QED) is 0.483. The molecule has 1 aromatic carbocycles. The second-order valence-corrected chi connectivity index (χ2v) is 6.05. The third kappa shape index (κ3) is 2.46. The standard InChI is InChI=1S/C15H14F4N4OS/c1-22(2)13(24)11-9(7-25)21-23-10-6-4-3-5-8(10)14(16,15(17,18)19)20-12(11)23/h3-6,20,25H,7H2,1-2H3. The molecular formula is C15H14F4N4OS.